The second-order valence-electron chi connectivity index (χ2n) is 4.52. The number of hydrogen-bond acceptors (Lipinski definition) is 2. The van der Waals surface area contributed by atoms with Gasteiger partial charge in [0.05, 0.1) is 6.54 Å². The Labute approximate surface area is 106 Å². The van der Waals surface area contributed by atoms with Gasteiger partial charge in [-0.25, -0.2) is 0 Å². The molecule has 2 N–H and O–H groups in total. The molecule has 0 aliphatic heterocycles. The summed E-state index contributed by atoms with van der Waals surface area (Å²) in [4.78, 5) is 3.20. The molecule has 3 aromatic rings. The Kier molecular flexibility index (Phi) is 2.90. The van der Waals surface area contributed by atoms with E-state index in [0.717, 1.165) is 24.6 Å². The quantitative estimate of drug-likeness (QED) is 0.734. The molecule has 1 aromatic carbocycles. The first-order valence-electron chi connectivity index (χ1n) is 6.13. The van der Waals surface area contributed by atoms with Crippen LogP contribution in [-0.4, -0.2) is 4.98 Å². The molecule has 0 aliphatic rings. The fourth-order valence-corrected chi connectivity index (χ4v) is 2.12. The van der Waals surface area contributed by atoms with Gasteiger partial charge in [-0.15, -0.1) is 0 Å². The molecule has 0 saturated heterocycles. The zero-order valence-electron chi connectivity index (χ0n) is 10.4. The van der Waals surface area contributed by atoms with Gasteiger partial charge in [0.2, 0.25) is 0 Å². The molecule has 92 valence electrons. The van der Waals surface area contributed by atoms with Crippen molar-refractivity contribution in [3.05, 3.63) is 59.7 Å². The van der Waals surface area contributed by atoms with Crippen LogP contribution in [0.2, 0.25) is 0 Å². The number of fused-ring (bicyclic) bond motifs is 1. The number of furan rings is 1. The molecule has 0 aliphatic carbocycles. The fourth-order valence-electron chi connectivity index (χ4n) is 2.12. The van der Waals surface area contributed by atoms with E-state index in [1.807, 2.05) is 25.3 Å². The van der Waals surface area contributed by atoms with Gasteiger partial charge in [-0.3, -0.25) is 0 Å². The van der Waals surface area contributed by atoms with Gasteiger partial charge < -0.3 is 14.7 Å². The number of rotatable bonds is 4. The molecule has 0 radical (unpaired) electrons. The van der Waals surface area contributed by atoms with E-state index in [9.17, 15) is 0 Å². The smallest absolute Gasteiger partial charge is 0.117 e. The second-order valence-corrected chi connectivity index (χ2v) is 4.52. The van der Waals surface area contributed by atoms with E-state index >= 15 is 0 Å². The third-order valence-electron chi connectivity index (χ3n) is 3.04. The molecular weight excluding hydrogens is 224 g/mol. The highest BCUT2D eigenvalue weighted by Gasteiger charge is 2.00. The van der Waals surface area contributed by atoms with Crippen LogP contribution in [-0.2, 0) is 13.1 Å². The van der Waals surface area contributed by atoms with Gasteiger partial charge in [0, 0.05) is 18.3 Å². The molecule has 2 aromatic heterocycles. The lowest BCUT2D eigenvalue weighted by Crippen LogP contribution is -2.11. The lowest BCUT2D eigenvalue weighted by Gasteiger charge is -2.03. The van der Waals surface area contributed by atoms with E-state index in [1.165, 1.54) is 16.5 Å². The van der Waals surface area contributed by atoms with Gasteiger partial charge >= 0.3 is 0 Å². The Morgan fingerprint density at radius 3 is 2.89 bits per heavy atom. The van der Waals surface area contributed by atoms with Crippen LogP contribution in [0.15, 0.2) is 47.0 Å². The summed E-state index contributed by atoms with van der Waals surface area (Å²) in [5, 5.41) is 4.64. The summed E-state index contributed by atoms with van der Waals surface area (Å²) in [7, 11) is 0. The molecule has 0 unspecified atom stereocenters. The van der Waals surface area contributed by atoms with Crippen molar-refractivity contribution in [2.45, 2.75) is 20.0 Å². The molecule has 0 bridgehead atoms. The first-order chi connectivity index (χ1) is 8.81. The molecular formula is C15H16N2O. The van der Waals surface area contributed by atoms with Crippen molar-refractivity contribution in [1.29, 1.82) is 0 Å². The lowest BCUT2D eigenvalue weighted by molar-refractivity contribution is 0.462. The minimum atomic E-state index is 0.763. The zero-order valence-corrected chi connectivity index (χ0v) is 10.4. The van der Waals surface area contributed by atoms with Crippen LogP contribution in [0, 0.1) is 6.92 Å². The van der Waals surface area contributed by atoms with Gasteiger partial charge in [-0.1, -0.05) is 6.07 Å². The number of aromatic nitrogens is 1. The van der Waals surface area contributed by atoms with Crippen molar-refractivity contribution in [1.82, 2.24) is 10.3 Å². The number of H-pyrrole nitrogens is 1. The Hall–Kier alpha value is -2.00. The van der Waals surface area contributed by atoms with E-state index in [-0.39, 0.29) is 0 Å². The summed E-state index contributed by atoms with van der Waals surface area (Å²) in [5.41, 5.74) is 2.46. The highest BCUT2D eigenvalue weighted by molar-refractivity contribution is 5.79. The Morgan fingerprint density at radius 2 is 2.06 bits per heavy atom. The first-order valence-corrected chi connectivity index (χ1v) is 6.13. The zero-order chi connectivity index (χ0) is 12.4. The normalized spacial score (nSPS) is 11.2. The molecule has 18 heavy (non-hydrogen) atoms. The second kappa shape index (κ2) is 4.70. The van der Waals surface area contributed by atoms with E-state index in [0.29, 0.717) is 0 Å². The minimum absolute atomic E-state index is 0.763. The molecule has 0 amide bonds. The predicted octanol–water partition coefficient (Wildman–Crippen LogP) is 3.36. The summed E-state index contributed by atoms with van der Waals surface area (Å²) in [6.45, 7) is 3.57. The van der Waals surface area contributed by atoms with E-state index < -0.39 is 0 Å². The van der Waals surface area contributed by atoms with Crippen LogP contribution in [0.5, 0.6) is 0 Å². The monoisotopic (exact) mass is 240 g/mol. The maximum Gasteiger partial charge on any atom is 0.117 e. The van der Waals surface area contributed by atoms with Crippen molar-refractivity contribution in [2.24, 2.45) is 0 Å². The van der Waals surface area contributed by atoms with Crippen LogP contribution in [0.25, 0.3) is 10.9 Å². The minimum Gasteiger partial charge on any atom is -0.465 e. The first kappa shape index (κ1) is 11.1. The standard InChI is InChI=1S/C15H16N2O/c1-11-2-4-14(18-11)10-16-9-12-3-5-15-13(8-12)6-7-17-15/h2-8,16-17H,9-10H2,1H3. The van der Waals surface area contributed by atoms with Crippen molar-refractivity contribution >= 4 is 10.9 Å². The van der Waals surface area contributed by atoms with E-state index in [1.54, 1.807) is 0 Å². The van der Waals surface area contributed by atoms with Crippen LogP contribution >= 0.6 is 0 Å². The number of aromatic amines is 1. The number of nitrogens with one attached hydrogen (secondary N) is 2. The molecule has 0 saturated carbocycles. The topological polar surface area (TPSA) is 41.0 Å². The molecule has 0 fully saturated rings. The van der Waals surface area contributed by atoms with E-state index in [4.69, 9.17) is 4.42 Å². The van der Waals surface area contributed by atoms with Crippen molar-refractivity contribution in [3.8, 4) is 0 Å². The molecule has 0 spiro atoms. The number of hydrogen-bond donors (Lipinski definition) is 2. The van der Waals surface area contributed by atoms with Gasteiger partial charge in [-0.05, 0) is 48.2 Å². The van der Waals surface area contributed by atoms with Gasteiger partial charge in [0.15, 0.2) is 0 Å². The predicted molar refractivity (Wildman–Crippen MR) is 72.3 cm³/mol. The summed E-state index contributed by atoms with van der Waals surface area (Å²) < 4.78 is 5.51. The summed E-state index contributed by atoms with van der Waals surface area (Å²) in [6, 6.07) is 12.5. The van der Waals surface area contributed by atoms with Gasteiger partial charge in [0.1, 0.15) is 11.5 Å². The van der Waals surface area contributed by atoms with Gasteiger partial charge in [-0.2, -0.15) is 0 Å². The summed E-state index contributed by atoms with van der Waals surface area (Å²) in [5.74, 6) is 1.94. The molecule has 3 nitrogen and oxygen atoms in total. The van der Waals surface area contributed by atoms with Crippen molar-refractivity contribution < 1.29 is 4.42 Å². The Bertz CT molecular complexity index is 651. The highest BCUT2D eigenvalue weighted by Crippen LogP contribution is 2.14. The number of benzene rings is 1. The maximum absolute atomic E-state index is 5.51. The maximum atomic E-state index is 5.51. The lowest BCUT2D eigenvalue weighted by atomic mass is 10.1. The van der Waals surface area contributed by atoms with E-state index in [2.05, 4.69) is 34.6 Å². The van der Waals surface area contributed by atoms with Crippen molar-refractivity contribution in [2.75, 3.05) is 0 Å². The van der Waals surface area contributed by atoms with Crippen molar-refractivity contribution in [3.63, 3.8) is 0 Å². The molecule has 3 rings (SSSR count). The van der Waals surface area contributed by atoms with Crippen LogP contribution < -0.4 is 5.32 Å². The third-order valence-corrected chi connectivity index (χ3v) is 3.04. The molecule has 3 heteroatoms. The van der Waals surface area contributed by atoms with Crippen LogP contribution in [0.1, 0.15) is 17.1 Å². The summed E-state index contributed by atoms with van der Waals surface area (Å²) in [6.07, 6.45) is 1.97. The van der Waals surface area contributed by atoms with Gasteiger partial charge in [0.25, 0.3) is 0 Å². The largest absolute Gasteiger partial charge is 0.465 e. The SMILES string of the molecule is Cc1ccc(CNCc2ccc3[nH]ccc3c2)o1. The van der Waals surface area contributed by atoms with Crippen LogP contribution in [0.4, 0.5) is 0 Å². The Morgan fingerprint density at radius 1 is 1.11 bits per heavy atom. The average Bonchev–Trinajstić information content (AvgIpc) is 2.97. The average molecular weight is 240 g/mol. The molecule has 2 heterocycles. The number of aryl methyl sites for hydroxylation is 1. The van der Waals surface area contributed by atoms with Crippen LogP contribution in [0.3, 0.4) is 0 Å². The summed E-state index contributed by atoms with van der Waals surface area (Å²) >= 11 is 0. The third kappa shape index (κ3) is 2.31. The fraction of sp³-hybridized carbons (Fsp3) is 0.200. The highest BCUT2D eigenvalue weighted by atomic mass is 16.3. The Balaban J connectivity index is 1.62. The molecule has 0 atom stereocenters.